The monoisotopic (exact) mass is 277 g/mol. The molecule has 3 N–H and O–H groups in total. The Kier molecular flexibility index (Phi) is 4.55. The average Bonchev–Trinajstić information content (AvgIpc) is 2.88. The molecule has 0 aromatic carbocycles. The number of aromatic nitrogens is 1. The molecular weight excluding hydrogens is 258 g/mol. The Bertz CT molecular complexity index is 487. The van der Waals surface area contributed by atoms with Crippen LogP contribution in [0.25, 0.3) is 0 Å². The minimum atomic E-state index is -0.777. The van der Waals surface area contributed by atoms with Gasteiger partial charge in [0.15, 0.2) is 0 Å². The molecule has 1 aliphatic heterocycles. The number of carboxylic acids is 1. The summed E-state index contributed by atoms with van der Waals surface area (Å²) in [5.41, 5.74) is 6.84. The Morgan fingerprint density at radius 2 is 2.25 bits per heavy atom. The molecule has 1 aromatic heterocycles. The van der Waals surface area contributed by atoms with Crippen LogP contribution in [0.15, 0.2) is 18.3 Å². The fourth-order valence-corrected chi connectivity index (χ4v) is 2.43. The maximum absolute atomic E-state index is 12.1. The van der Waals surface area contributed by atoms with E-state index in [2.05, 4.69) is 4.98 Å². The second-order valence-electron chi connectivity index (χ2n) is 5.19. The number of carbonyl (C=O) groups excluding carboxylic acids is 1. The fourth-order valence-electron chi connectivity index (χ4n) is 2.43. The van der Waals surface area contributed by atoms with Crippen molar-refractivity contribution in [1.82, 2.24) is 9.88 Å². The maximum atomic E-state index is 12.1. The summed E-state index contributed by atoms with van der Waals surface area (Å²) < 4.78 is 0. The van der Waals surface area contributed by atoms with Crippen molar-refractivity contribution in [2.45, 2.75) is 25.7 Å². The highest BCUT2D eigenvalue weighted by molar-refractivity contribution is 5.78. The van der Waals surface area contributed by atoms with E-state index in [1.54, 1.807) is 23.2 Å². The molecule has 2 heterocycles. The number of likely N-dealkylation sites (tertiary alicyclic amines) is 1. The topological polar surface area (TPSA) is 96.5 Å². The van der Waals surface area contributed by atoms with Crippen molar-refractivity contribution < 1.29 is 14.7 Å². The van der Waals surface area contributed by atoms with Gasteiger partial charge in [-0.2, -0.15) is 0 Å². The average molecular weight is 277 g/mol. The van der Waals surface area contributed by atoms with E-state index in [1.165, 1.54) is 0 Å². The Morgan fingerprint density at radius 1 is 1.45 bits per heavy atom. The van der Waals surface area contributed by atoms with Crippen LogP contribution in [0.2, 0.25) is 0 Å². The third-order valence-corrected chi connectivity index (χ3v) is 3.58. The molecule has 1 aromatic rings. The number of amides is 1. The van der Waals surface area contributed by atoms with Gasteiger partial charge in [0.25, 0.3) is 0 Å². The lowest BCUT2D eigenvalue weighted by atomic mass is 10.0. The van der Waals surface area contributed by atoms with Crippen molar-refractivity contribution >= 4 is 17.6 Å². The number of hydrogen-bond donors (Lipinski definition) is 2. The summed E-state index contributed by atoms with van der Waals surface area (Å²) in [7, 11) is 0. The van der Waals surface area contributed by atoms with Gasteiger partial charge < -0.3 is 15.7 Å². The van der Waals surface area contributed by atoms with Crippen LogP contribution in [0.3, 0.4) is 0 Å². The lowest BCUT2D eigenvalue weighted by Gasteiger charge is -2.16. The molecule has 0 spiro atoms. The van der Waals surface area contributed by atoms with Crippen molar-refractivity contribution in [3.63, 3.8) is 0 Å². The van der Waals surface area contributed by atoms with Crippen LogP contribution >= 0.6 is 0 Å². The van der Waals surface area contributed by atoms with E-state index in [-0.39, 0.29) is 18.7 Å². The Hall–Kier alpha value is -2.11. The molecule has 0 radical (unpaired) electrons. The summed E-state index contributed by atoms with van der Waals surface area (Å²) in [5, 5.41) is 8.67. The van der Waals surface area contributed by atoms with E-state index >= 15 is 0 Å². The van der Waals surface area contributed by atoms with E-state index in [1.807, 2.05) is 0 Å². The summed E-state index contributed by atoms with van der Waals surface area (Å²) in [4.78, 5) is 28.6. The second-order valence-corrected chi connectivity index (χ2v) is 5.19. The normalized spacial score (nSPS) is 18.2. The molecule has 1 aliphatic rings. The standard InChI is InChI=1S/C14H19N3O3/c15-11-2-3-12(16-8-11)7-13(18)17-6-5-10(9-17)1-4-14(19)20/h2-3,8,10H,1,4-7,9,15H2,(H,19,20). The summed E-state index contributed by atoms with van der Waals surface area (Å²) >= 11 is 0. The number of carboxylic acid groups (broad SMARTS) is 1. The van der Waals surface area contributed by atoms with Crippen LogP contribution < -0.4 is 5.73 Å². The van der Waals surface area contributed by atoms with Gasteiger partial charge in [0.2, 0.25) is 5.91 Å². The minimum Gasteiger partial charge on any atom is -0.481 e. The molecule has 6 heteroatoms. The molecule has 1 unspecified atom stereocenters. The molecule has 1 amide bonds. The molecule has 2 rings (SSSR count). The summed E-state index contributed by atoms with van der Waals surface area (Å²) in [6, 6.07) is 3.49. The van der Waals surface area contributed by atoms with Gasteiger partial charge in [-0.15, -0.1) is 0 Å². The van der Waals surface area contributed by atoms with Crippen LogP contribution in [0, 0.1) is 5.92 Å². The number of carbonyl (C=O) groups is 2. The summed E-state index contributed by atoms with van der Waals surface area (Å²) in [6.45, 7) is 1.36. The molecule has 0 bridgehead atoms. The molecule has 1 atom stereocenters. The Balaban J connectivity index is 1.82. The first-order valence-corrected chi connectivity index (χ1v) is 6.74. The van der Waals surface area contributed by atoms with Crippen LogP contribution in [-0.4, -0.2) is 40.0 Å². The number of nitrogens with two attached hydrogens (primary N) is 1. The minimum absolute atomic E-state index is 0.0418. The molecule has 1 fully saturated rings. The van der Waals surface area contributed by atoms with Crippen molar-refractivity contribution in [2.75, 3.05) is 18.8 Å². The number of nitrogens with zero attached hydrogens (tertiary/aromatic N) is 2. The number of aliphatic carboxylic acids is 1. The highest BCUT2D eigenvalue weighted by atomic mass is 16.4. The first-order valence-electron chi connectivity index (χ1n) is 6.74. The zero-order chi connectivity index (χ0) is 14.5. The molecule has 0 saturated carbocycles. The SMILES string of the molecule is Nc1ccc(CC(=O)N2CCC(CCC(=O)O)C2)nc1. The zero-order valence-electron chi connectivity index (χ0n) is 11.3. The molecule has 0 aliphatic carbocycles. The zero-order valence-corrected chi connectivity index (χ0v) is 11.3. The van der Waals surface area contributed by atoms with Gasteiger partial charge in [0.1, 0.15) is 0 Å². The van der Waals surface area contributed by atoms with E-state index < -0.39 is 5.97 Å². The predicted molar refractivity (Wildman–Crippen MR) is 73.9 cm³/mol. The lowest BCUT2D eigenvalue weighted by Crippen LogP contribution is -2.30. The number of nitrogen functional groups attached to an aromatic ring is 1. The van der Waals surface area contributed by atoms with Crippen molar-refractivity contribution in [3.8, 4) is 0 Å². The first kappa shape index (κ1) is 14.3. The van der Waals surface area contributed by atoms with Gasteiger partial charge in [-0.1, -0.05) is 0 Å². The second kappa shape index (κ2) is 6.36. The summed E-state index contributed by atoms with van der Waals surface area (Å²) in [5.74, 6) is -0.435. The number of hydrogen-bond acceptors (Lipinski definition) is 4. The van der Waals surface area contributed by atoms with E-state index in [9.17, 15) is 9.59 Å². The van der Waals surface area contributed by atoms with Gasteiger partial charge in [0, 0.05) is 25.2 Å². The first-order chi connectivity index (χ1) is 9.54. The number of rotatable bonds is 5. The Labute approximate surface area is 117 Å². The van der Waals surface area contributed by atoms with Gasteiger partial charge in [-0.05, 0) is 30.9 Å². The molecule has 108 valence electrons. The van der Waals surface area contributed by atoms with Crippen LogP contribution in [0.5, 0.6) is 0 Å². The van der Waals surface area contributed by atoms with Crippen molar-refractivity contribution in [3.05, 3.63) is 24.0 Å². The van der Waals surface area contributed by atoms with Gasteiger partial charge in [-0.25, -0.2) is 0 Å². The van der Waals surface area contributed by atoms with Crippen molar-refractivity contribution in [1.29, 1.82) is 0 Å². The highest BCUT2D eigenvalue weighted by Crippen LogP contribution is 2.21. The lowest BCUT2D eigenvalue weighted by molar-refractivity contribution is -0.137. The molecule has 6 nitrogen and oxygen atoms in total. The van der Waals surface area contributed by atoms with Crippen LogP contribution in [0.1, 0.15) is 25.0 Å². The van der Waals surface area contributed by atoms with Gasteiger partial charge >= 0.3 is 5.97 Å². The van der Waals surface area contributed by atoms with Crippen LogP contribution in [-0.2, 0) is 16.0 Å². The number of anilines is 1. The third kappa shape index (κ3) is 3.94. The van der Waals surface area contributed by atoms with Gasteiger partial charge in [0.05, 0.1) is 18.3 Å². The van der Waals surface area contributed by atoms with Crippen LogP contribution in [0.4, 0.5) is 5.69 Å². The fraction of sp³-hybridized carbons (Fsp3) is 0.500. The molecular formula is C14H19N3O3. The Morgan fingerprint density at radius 3 is 2.90 bits per heavy atom. The third-order valence-electron chi connectivity index (χ3n) is 3.58. The van der Waals surface area contributed by atoms with E-state index in [0.29, 0.717) is 36.8 Å². The quantitative estimate of drug-likeness (QED) is 0.834. The number of pyridine rings is 1. The van der Waals surface area contributed by atoms with Gasteiger partial charge in [-0.3, -0.25) is 14.6 Å². The van der Waals surface area contributed by atoms with E-state index in [0.717, 1.165) is 6.42 Å². The predicted octanol–water partition coefficient (Wildman–Crippen LogP) is 0.920. The van der Waals surface area contributed by atoms with Crippen molar-refractivity contribution in [2.24, 2.45) is 5.92 Å². The largest absolute Gasteiger partial charge is 0.481 e. The molecule has 1 saturated heterocycles. The van der Waals surface area contributed by atoms with E-state index in [4.69, 9.17) is 10.8 Å². The maximum Gasteiger partial charge on any atom is 0.303 e. The highest BCUT2D eigenvalue weighted by Gasteiger charge is 2.26. The molecule has 20 heavy (non-hydrogen) atoms. The smallest absolute Gasteiger partial charge is 0.303 e. The summed E-state index contributed by atoms with van der Waals surface area (Å²) in [6.07, 6.45) is 3.51.